The van der Waals surface area contributed by atoms with E-state index in [4.69, 9.17) is 5.73 Å². The molecule has 2 heterocycles. The second-order valence-electron chi connectivity index (χ2n) is 4.99. The van der Waals surface area contributed by atoms with Crippen LogP contribution in [0.1, 0.15) is 43.7 Å². The van der Waals surface area contributed by atoms with Crippen molar-refractivity contribution < 1.29 is 0 Å². The Kier molecular flexibility index (Phi) is 2.89. The summed E-state index contributed by atoms with van der Waals surface area (Å²) in [4.78, 5) is 0. The van der Waals surface area contributed by atoms with Crippen LogP contribution in [0.25, 0.3) is 5.65 Å². The molecule has 2 aromatic rings. The summed E-state index contributed by atoms with van der Waals surface area (Å²) in [6, 6.07) is 2.26. The molecule has 0 bridgehead atoms. The first-order chi connectivity index (χ1) is 8.38. The molecule has 1 aliphatic rings. The number of hydrogen-bond acceptors (Lipinski definition) is 2. The monoisotopic (exact) mass is 232 g/mol. The van der Waals surface area contributed by atoms with Gasteiger partial charge in [0.2, 0.25) is 0 Å². The van der Waals surface area contributed by atoms with Crippen LogP contribution in [0.2, 0.25) is 0 Å². The number of imidazole rings is 1. The van der Waals surface area contributed by atoms with Gasteiger partial charge < -0.3 is 10.3 Å². The van der Waals surface area contributed by atoms with Gasteiger partial charge in [-0.1, -0.05) is 12.8 Å². The molecule has 0 aliphatic heterocycles. The van der Waals surface area contributed by atoms with Crippen molar-refractivity contribution >= 4 is 5.65 Å². The summed E-state index contributed by atoms with van der Waals surface area (Å²) in [7, 11) is 0. The molecular weight excluding hydrogens is 212 g/mol. The number of nitrogens with zero attached hydrogens (tertiary/aromatic N) is 3. The Hall–Kier alpha value is -1.29. The summed E-state index contributed by atoms with van der Waals surface area (Å²) in [5.74, 6) is 0.692. The third-order valence-electron chi connectivity index (χ3n) is 3.79. The lowest BCUT2D eigenvalue weighted by atomic mass is 10.1. The molecule has 2 aromatic heterocycles. The maximum Gasteiger partial charge on any atom is 0.136 e. The second kappa shape index (κ2) is 4.53. The highest BCUT2D eigenvalue weighted by Gasteiger charge is 2.20. The molecule has 0 saturated heterocycles. The summed E-state index contributed by atoms with van der Waals surface area (Å²) in [5.41, 5.74) is 8.04. The molecule has 1 aliphatic carbocycles. The first-order valence-electron chi connectivity index (χ1n) is 6.63. The van der Waals surface area contributed by atoms with Gasteiger partial charge in [-0.05, 0) is 25.8 Å². The van der Waals surface area contributed by atoms with Crippen molar-refractivity contribution in [2.45, 2.75) is 44.6 Å². The van der Waals surface area contributed by atoms with Gasteiger partial charge in [0.1, 0.15) is 5.65 Å². The summed E-state index contributed by atoms with van der Waals surface area (Å²) in [6.07, 6.45) is 10.5. The van der Waals surface area contributed by atoms with Crippen molar-refractivity contribution in [1.82, 2.24) is 14.2 Å². The highest BCUT2D eigenvalue weighted by Crippen LogP contribution is 2.33. The van der Waals surface area contributed by atoms with Crippen LogP contribution in [-0.4, -0.2) is 20.7 Å². The largest absolute Gasteiger partial charge is 0.331 e. The Morgan fingerprint density at radius 3 is 2.88 bits per heavy atom. The minimum atomic E-state index is 0.692. The van der Waals surface area contributed by atoms with Gasteiger partial charge in [-0.2, -0.15) is 5.10 Å². The molecule has 92 valence electrons. The van der Waals surface area contributed by atoms with Crippen LogP contribution in [0, 0.1) is 0 Å². The number of fused-ring (bicyclic) bond motifs is 1. The number of rotatable bonds is 4. The molecule has 4 nitrogen and oxygen atoms in total. The maximum absolute atomic E-state index is 5.56. The van der Waals surface area contributed by atoms with Gasteiger partial charge in [0.15, 0.2) is 0 Å². The van der Waals surface area contributed by atoms with E-state index in [-0.39, 0.29) is 0 Å². The van der Waals surface area contributed by atoms with Crippen LogP contribution in [0.5, 0.6) is 0 Å². The average Bonchev–Trinajstić information content (AvgIpc) is 3.02. The van der Waals surface area contributed by atoms with Crippen molar-refractivity contribution in [1.29, 1.82) is 0 Å². The molecule has 0 aromatic carbocycles. The first-order valence-corrected chi connectivity index (χ1v) is 6.63. The third kappa shape index (κ3) is 1.97. The van der Waals surface area contributed by atoms with Crippen molar-refractivity contribution in [2.24, 2.45) is 5.73 Å². The van der Waals surface area contributed by atoms with Gasteiger partial charge in [0.25, 0.3) is 0 Å². The minimum Gasteiger partial charge on any atom is -0.331 e. The second-order valence-corrected chi connectivity index (χ2v) is 4.99. The lowest BCUT2D eigenvalue weighted by Crippen LogP contribution is -2.04. The molecule has 3 rings (SSSR count). The lowest BCUT2D eigenvalue weighted by Gasteiger charge is -2.03. The Balaban J connectivity index is 1.87. The molecule has 2 N–H and O–H groups in total. The van der Waals surface area contributed by atoms with Gasteiger partial charge in [0.05, 0.1) is 5.69 Å². The summed E-state index contributed by atoms with van der Waals surface area (Å²) < 4.78 is 4.25. The van der Waals surface area contributed by atoms with Crippen molar-refractivity contribution in [3.05, 3.63) is 24.2 Å². The third-order valence-corrected chi connectivity index (χ3v) is 3.79. The Morgan fingerprint density at radius 2 is 2.12 bits per heavy atom. The number of nitrogens with two attached hydrogens (primary N) is 1. The van der Waals surface area contributed by atoms with Gasteiger partial charge in [0, 0.05) is 30.9 Å². The topological polar surface area (TPSA) is 48.2 Å². The Morgan fingerprint density at radius 1 is 1.29 bits per heavy atom. The molecule has 1 fully saturated rings. The van der Waals surface area contributed by atoms with Crippen LogP contribution in [0.3, 0.4) is 0 Å². The fourth-order valence-corrected chi connectivity index (χ4v) is 2.82. The SMILES string of the molecule is NCCCn1ccn2nc(C3CCCC3)cc12. The first kappa shape index (κ1) is 10.8. The predicted molar refractivity (Wildman–Crippen MR) is 68.1 cm³/mol. The lowest BCUT2D eigenvalue weighted by molar-refractivity contribution is 0.667. The molecule has 0 amide bonds. The highest BCUT2D eigenvalue weighted by molar-refractivity contribution is 5.42. The molecule has 1 saturated carbocycles. The summed E-state index contributed by atoms with van der Waals surface area (Å²) >= 11 is 0. The predicted octanol–water partition coefficient (Wildman–Crippen LogP) is 2.14. The van der Waals surface area contributed by atoms with E-state index in [1.807, 2.05) is 10.7 Å². The number of aromatic nitrogens is 3. The molecular formula is C13H20N4. The average molecular weight is 232 g/mol. The fraction of sp³-hybridized carbons (Fsp3) is 0.615. The van der Waals surface area contributed by atoms with Crippen LogP contribution in [0.15, 0.2) is 18.5 Å². The molecule has 0 unspecified atom stereocenters. The molecule has 0 spiro atoms. The van der Waals surface area contributed by atoms with E-state index in [0.717, 1.165) is 19.5 Å². The van der Waals surface area contributed by atoms with E-state index in [1.54, 1.807) is 0 Å². The Labute approximate surface area is 101 Å². The molecule has 17 heavy (non-hydrogen) atoms. The van der Waals surface area contributed by atoms with E-state index in [1.165, 1.54) is 37.0 Å². The summed E-state index contributed by atoms with van der Waals surface area (Å²) in [6.45, 7) is 1.73. The maximum atomic E-state index is 5.56. The Bertz CT molecular complexity index is 490. The number of hydrogen-bond donors (Lipinski definition) is 1. The summed E-state index contributed by atoms with van der Waals surface area (Å²) in [5, 5.41) is 4.69. The van der Waals surface area contributed by atoms with E-state index >= 15 is 0 Å². The quantitative estimate of drug-likeness (QED) is 0.878. The van der Waals surface area contributed by atoms with Gasteiger partial charge in [-0.25, -0.2) is 4.52 Å². The van der Waals surface area contributed by atoms with E-state index in [0.29, 0.717) is 5.92 Å². The fourth-order valence-electron chi connectivity index (χ4n) is 2.82. The zero-order chi connectivity index (χ0) is 11.7. The van der Waals surface area contributed by atoms with Gasteiger partial charge in [-0.15, -0.1) is 0 Å². The van der Waals surface area contributed by atoms with Crippen LogP contribution in [-0.2, 0) is 6.54 Å². The van der Waals surface area contributed by atoms with Crippen molar-refractivity contribution in [2.75, 3.05) is 6.54 Å². The van der Waals surface area contributed by atoms with Gasteiger partial charge >= 0.3 is 0 Å². The van der Waals surface area contributed by atoms with Crippen LogP contribution >= 0.6 is 0 Å². The minimum absolute atomic E-state index is 0.692. The van der Waals surface area contributed by atoms with Crippen molar-refractivity contribution in [3.63, 3.8) is 0 Å². The van der Waals surface area contributed by atoms with E-state index in [2.05, 4.69) is 21.9 Å². The van der Waals surface area contributed by atoms with Crippen LogP contribution < -0.4 is 5.73 Å². The normalized spacial score (nSPS) is 17.2. The zero-order valence-electron chi connectivity index (χ0n) is 10.2. The van der Waals surface area contributed by atoms with Crippen LogP contribution in [0.4, 0.5) is 0 Å². The van der Waals surface area contributed by atoms with Gasteiger partial charge in [-0.3, -0.25) is 0 Å². The molecule has 4 heteroatoms. The standard InChI is InChI=1S/C13H20N4/c14-6-3-7-16-8-9-17-13(16)10-12(15-17)11-4-1-2-5-11/h8-11H,1-7,14H2. The molecule has 0 atom stereocenters. The molecule has 0 radical (unpaired) electrons. The zero-order valence-corrected chi connectivity index (χ0v) is 10.2. The number of aryl methyl sites for hydroxylation is 1. The van der Waals surface area contributed by atoms with Crippen molar-refractivity contribution in [3.8, 4) is 0 Å². The van der Waals surface area contributed by atoms with E-state index in [9.17, 15) is 0 Å². The smallest absolute Gasteiger partial charge is 0.136 e. The highest BCUT2D eigenvalue weighted by atomic mass is 15.3. The van der Waals surface area contributed by atoms with E-state index < -0.39 is 0 Å².